The molecule has 0 saturated carbocycles. The molecule has 0 radical (unpaired) electrons. The monoisotopic (exact) mass is 358 g/mol. The Labute approximate surface area is 143 Å². The Hall–Kier alpha value is -1.64. The van der Waals surface area contributed by atoms with E-state index in [4.69, 9.17) is 9.84 Å². The van der Waals surface area contributed by atoms with Crippen molar-refractivity contribution in [2.75, 3.05) is 31.3 Å². The van der Waals surface area contributed by atoms with E-state index >= 15 is 0 Å². The Kier molecular flexibility index (Phi) is 8.73. The van der Waals surface area contributed by atoms with E-state index in [9.17, 15) is 13.2 Å². The normalized spacial score (nSPS) is 12.6. The van der Waals surface area contributed by atoms with E-state index in [1.165, 1.54) is 7.11 Å². The van der Waals surface area contributed by atoms with Crippen LogP contribution >= 0.6 is 0 Å². The summed E-state index contributed by atoms with van der Waals surface area (Å²) in [4.78, 5) is 11.9. The maximum Gasteiger partial charge on any atom is 0.324 e. The summed E-state index contributed by atoms with van der Waals surface area (Å²) in [5, 5.41) is 11.8. The zero-order valence-corrected chi connectivity index (χ0v) is 14.9. The van der Waals surface area contributed by atoms with Gasteiger partial charge in [-0.1, -0.05) is 25.5 Å². The predicted octanol–water partition coefficient (Wildman–Crippen LogP) is 0.894. The van der Waals surface area contributed by atoms with Crippen LogP contribution in [0.1, 0.15) is 25.3 Å². The van der Waals surface area contributed by atoms with Crippen molar-refractivity contribution in [2.45, 2.75) is 32.2 Å². The highest BCUT2D eigenvalue weighted by Gasteiger charge is 2.25. The molecule has 0 aromatic heterocycles. The summed E-state index contributed by atoms with van der Waals surface area (Å²) < 4.78 is 31.2. The van der Waals surface area contributed by atoms with Crippen LogP contribution < -0.4 is 10.0 Å². The summed E-state index contributed by atoms with van der Waals surface area (Å²) in [6.07, 6.45) is 1.50. The number of aliphatic hydroxyl groups excluding tert-OH is 1. The molecule has 0 saturated heterocycles. The summed E-state index contributed by atoms with van der Waals surface area (Å²) in [5.41, 5.74) is 1.64. The molecule has 1 unspecified atom stereocenters. The van der Waals surface area contributed by atoms with E-state index in [-0.39, 0.29) is 18.8 Å². The van der Waals surface area contributed by atoms with E-state index in [0.29, 0.717) is 13.0 Å². The lowest BCUT2D eigenvalue weighted by Gasteiger charge is -2.17. The van der Waals surface area contributed by atoms with Gasteiger partial charge in [0, 0.05) is 12.2 Å². The molecule has 8 heteroatoms. The van der Waals surface area contributed by atoms with Gasteiger partial charge in [-0.25, -0.2) is 13.1 Å². The summed E-state index contributed by atoms with van der Waals surface area (Å²) in [6, 6.07) is 6.27. The summed E-state index contributed by atoms with van der Waals surface area (Å²) >= 11 is 0. The molecule has 0 aliphatic carbocycles. The Morgan fingerprint density at radius 3 is 2.50 bits per heavy atom. The third kappa shape index (κ3) is 7.29. The first kappa shape index (κ1) is 20.4. The summed E-state index contributed by atoms with van der Waals surface area (Å²) in [7, 11) is -2.30. The second-order valence-corrected chi connectivity index (χ2v) is 7.29. The Morgan fingerprint density at radius 1 is 1.29 bits per heavy atom. The number of hydrogen-bond donors (Lipinski definition) is 3. The number of sulfonamides is 1. The highest BCUT2D eigenvalue weighted by atomic mass is 32.2. The number of hydrogen-bond acceptors (Lipinski definition) is 6. The fourth-order valence-electron chi connectivity index (χ4n) is 2.12. The average Bonchev–Trinajstić information content (AvgIpc) is 2.58. The lowest BCUT2D eigenvalue weighted by Crippen LogP contribution is -2.43. The van der Waals surface area contributed by atoms with Gasteiger partial charge < -0.3 is 15.2 Å². The average molecular weight is 358 g/mol. The topological polar surface area (TPSA) is 105 Å². The van der Waals surface area contributed by atoms with Gasteiger partial charge in [0.2, 0.25) is 10.0 Å². The number of rotatable bonds is 11. The predicted molar refractivity (Wildman–Crippen MR) is 93.4 cm³/mol. The Balaban J connectivity index is 2.77. The minimum atomic E-state index is -3.53. The van der Waals surface area contributed by atoms with Crippen LogP contribution in [0.15, 0.2) is 24.3 Å². The third-order valence-electron chi connectivity index (χ3n) is 3.41. The van der Waals surface area contributed by atoms with E-state index in [0.717, 1.165) is 17.7 Å². The quantitative estimate of drug-likeness (QED) is 0.508. The molecule has 1 aromatic carbocycles. The van der Waals surface area contributed by atoms with E-state index in [2.05, 4.69) is 10.0 Å². The molecule has 0 amide bonds. The number of nitrogens with one attached hydrogen (secondary N) is 2. The molecule has 0 fully saturated rings. The van der Waals surface area contributed by atoms with Gasteiger partial charge in [0.05, 0.1) is 19.5 Å². The third-order valence-corrected chi connectivity index (χ3v) is 4.88. The number of methoxy groups -OCH3 is 1. The maximum absolute atomic E-state index is 12.0. The van der Waals surface area contributed by atoms with Gasteiger partial charge in [-0.05, 0) is 30.5 Å². The van der Waals surface area contributed by atoms with Gasteiger partial charge in [0.1, 0.15) is 6.04 Å². The van der Waals surface area contributed by atoms with Gasteiger partial charge >= 0.3 is 5.97 Å². The number of esters is 1. The van der Waals surface area contributed by atoms with Crippen LogP contribution in [0.25, 0.3) is 0 Å². The number of unbranched alkanes of at least 4 members (excludes halogenated alkanes) is 1. The van der Waals surface area contributed by atoms with Crippen LogP contribution in [-0.4, -0.2) is 51.5 Å². The molecule has 3 N–H and O–H groups in total. The number of carbonyl (C=O) groups excluding carboxylic acids is 1. The minimum Gasteiger partial charge on any atom is -0.468 e. The number of anilines is 1. The molecule has 136 valence electrons. The zero-order valence-electron chi connectivity index (χ0n) is 14.1. The molecule has 0 aliphatic rings. The van der Waals surface area contributed by atoms with Crippen molar-refractivity contribution in [3.8, 4) is 0 Å². The molecule has 1 rings (SSSR count). The van der Waals surface area contributed by atoms with Gasteiger partial charge in [0.25, 0.3) is 0 Å². The molecular formula is C16H26N2O5S. The van der Waals surface area contributed by atoms with Gasteiger partial charge in [-0.3, -0.25) is 4.79 Å². The molecule has 7 nitrogen and oxygen atoms in total. The molecule has 1 aromatic rings. The van der Waals surface area contributed by atoms with Crippen molar-refractivity contribution in [1.29, 1.82) is 0 Å². The molecule has 1 atom stereocenters. The second kappa shape index (κ2) is 10.3. The van der Waals surface area contributed by atoms with Crippen molar-refractivity contribution >= 4 is 21.7 Å². The standard InChI is InChI=1S/C16H26N2O5S/c1-3-4-11-24(21,22)18-15(16(20)23-2)12-13-5-7-14(8-6-13)17-9-10-19/h5-8,15,17-19H,3-4,9-12H2,1-2H3. The highest BCUT2D eigenvalue weighted by Crippen LogP contribution is 2.12. The molecule has 24 heavy (non-hydrogen) atoms. The first-order valence-corrected chi connectivity index (χ1v) is 9.58. The molecule has 0 aliphatic heterocycles. The van der Waals surface area contributed by atoms with Gasteiger partial charge in [0.15, 0.2) is 0 Å². The Morgan fingerprint density at radius 2 is 1.96 bits per heavy atom. The van der Waals surface area contributed by atoms with E-state index in [1.807, 2.05) is 19.1 Å². The van der Waals surface area contributed by atoms with Crippen molar-refractivity contribution < 1.29 is 23.1 Å². The smallest absolute Gasteiger partial charge is 0.324 e. The number of aliphatic hydroxyl groups is 1. The number of ether oxygens (including phenoxy) is 1. The minimum absolute atomic E-state index is 0.0129. The lowest BCUT2D eigenvalue weighted by atomic mass is 10.1. The highest BCUT2D eigenvalue weighted by molar-refractivity contribution is 7.89. The maximum atomic E-state index is 12.0. The SMILES string of the molecule is CCCCS(=O)(=O)NC(Cc1ccc(NCCO)cc1)C(=O)OC. The summed E-state index contributed by atoms with van der Waals surface area (Å²) in [6.45, 7) is 2.38. The molecule has 0 bridgehead atoms. The fraction of sp³-hybridized carbons (Fsp3) is 0.562. The van der Waals surface area contributed by atoms with Crippen LogP contribution in [-0.2, 0) is 26.0 Å². The van der Waals surface area contributed by atoms with Crippen molar-refractivity contribution in [3.05, 3.63) is 29.8 Å². The molecule has 0 spiro atoms. The first-order chi connectivity index (χ1) is 11.4. The summed E-state index contributed by atoms with van der Waals surface area (Å²) in [5.74, 6) is -0.626. The van der Waals surface area contributed by atoms with Crippen molar-refractivity contribution in [2.24, 2.45) is 0 Å². The van der Waals surface area contributed by atoms with E-state index in [1.54, 1.807) is 12.1 Å². The van der Waals surface area contributed by atoms with Crippen LogP contribution in [0, 0.1) is 0 Å². The van der Waals surface area contributed by atoms with Crippen LogP contribution in [0.2, 0.25) is 0 Å². The van der Waals surface area contributed by atoms with Gasteiger partial charge in [-0.2, -0.15) is 0 Å². The van der Waals surface area contributed by atoms with Gasteiger partial charge in [-0.15, -0.1) is 0 Å². The Bertz CT molecular complexity index is 601. The van der Waals surface area contributed by atoms with Crippen molar-refractivity contribution in [1.82, 2.24) is 4.72 Å². The fourth-order valence-corrected chi connectivity index (χ4v) is 3.52. The zero-order chi connectivity index (χ0) is 18.0. The van der Waals surface area contributed by atoms with Crippen LogP contribution in [0.5, 0.6) is 0 Å². The number of benzene rings is 1. The van der Waals surface area contributed by atoms with Crippen molar-refractivity contribution in [3.63, 3.8) is 0 Å². The second-order valence-electron chi connectivity index (χ2n) is 5.42. The first-order valence-electron chi connectivity index (χ1n) is 7.93. The lowest BCUT2D eigenvalue weighted by molar-refractivity contribution is -0.142. The largest absolute Gasteiger partial charge is 0.468 e. The molecular weight excluding hydrogens is 332 g/mol. The number of carbonyl (C=O) groups is 1. The van der Waals surface area contributed by atoms with E-state index < -0.39 is 22.0 Å². The van der Waals surface area contributed by atoms with Crippen LogP contribution in [0.4, 0.5) is 5.69 Å². The van der Waals surface area contributed by atoms with Crippen LogP contribution in [0.3, 0.4) is 0 Å². The molecule has 0 heterocycles.